The standard InChI is InChI=1S/C17H24N4O2S/c1-12(2)21-7-5-13(6-8-21)17(22)18-11-15-19-16(23-20-15)10-14-4-3-9-24-14/h3-4,9,12-13H,5-8,10-11H2,1-2H3,(H,18,22). The SMILES string of the molecule is CC(C)N1CCC(C(=O)NCc2noc(Cc3cccs3)n2)CC1. The Morgan fingerprint density at radius 1 is 1.46 bits per heavy atom. The molecule has 1 aliphatic heterocycles. The second kappa shape index (κ2) is 7.90. The van der Waals surface area contributed by atoms with Gasteiger partial charge in [0.1, 0.15) is 0 Å². The summed E-state index contributed by atoms with van der Waals surface area (Å²) in [4.78, 5) is 20.2. The van der Waals surface area contributed by atoms with Gasteiger partial charge in [-0.1, -0.05) is 11.2 Å². The van der Waals surface area contributed by atoms with Crippen molar-refractivity contribution in [1.29, 1.82) is 0 Å². The molecule has 6 nitrogen and oxygen atoms in total. The number of rotatable bonds is 6. The highest BCUT2D eigenvalue weighted by molar-refractivity contribution is 7.09. The zero-order chi connectivity index (χ0) is 16.9. The maximum absolute atomic E-state index is 12.3. The molecule has 1 saturated heterocycles. The van der Waals surface area contributed by atoms with Crippen LogP contribution in [0.1, 0.15) is 43.3 Å². The lowest BCUT2D eigenvalue weighted by atomic mass is 9.95. The number of hydrogen-bond donors (Lipinski definition) is 1. The topological polar surface area (TPSA) is 71.3 Å². The van der Waals surface area contributed by atoms with Crippen LogP contribution in [0.5, 0.6) is 0 Å². The van der Waals surface area contributed by atoms with E-state index in [2.05, 4.69) is 34.2 Å². The highest BCUT2D eigenvalue weighted by Crippen LogP contribution is 2.19. The average molecular weight is 348 g/mol. The van der Waals surface area contributed by atoms with Crippen LogP contribution in [-0.4, -0.2) is 40.1 Å². The molecule has 0 spiro atoms. The van der Waals surface area contributed by atoms with E-state index in [1.54, 1.807) is 11.3 Å². The normalized spacial score (nSPS) is 16.6. The molecule has 0 aromatic carbocycles. The summed E-state index contributed by atoms with van der Waals surface area (Å²) in [5.74, 6) is 1.32. The summed E-state index contributed by atoms with van der Waals surface area (Å²) < 4.78 is 5.24. The third-order valence-corrected chi connectivity index (χ3v) is 5.34. The van der Waals surface area contributed by atoms with Crippen molar-refractivity contribution in [2.24, 2.45) is 5.92 Å². The van der Waals surface area contributed by atoms with Crippen LogP contribution in [0.25, 0.3) is 0 Å². The number of amides is 1. The number of piperidine rings is 1. The van der Waals surface area contributed by atoms with E-state index in [4.69, 9.17) is 4.52 Å². The number of nitrogens with one attached hydrogen (secondary N) is 1. The summed E-state index contributed by atoms with van der Waals surface area (Å²) in [6.45, 7) is 6.71. The summed E-state index contributed by atoms with van der Waals surface area (Å²) in [6, 6.07) is 4.59. The lowest BCUT2D eigenvalue weighted by Crippen LogP contribution is -2.43. The van der Waals surface area contributed by atoms with Crippen LogP contribution in [0.3, 0.4) is 0 Å². The van der Waals surface area contributed by atoms with Crippen LogP contribution < -0.4 is 5.32 Å². The zero-order valence-corrected chi connectivity index (χ0v) is 15.0. The summed E-state index contributed by atoms with van der Waals surface area (Å²) in [5.41, 5.74) is 0. The number of nitrogens with zero attached hydrogens (tertiary/aromatic N) is 3. The Morgan fingerprint density at radius 2 is 2.25 bits per heavy atom. The van der Waals surface area contributed by atoms with E-state index in [0.717, 1.165) is 25.9 Å². The fraction of sp³-hybridized carbons (Fsp3) is 0.588. The maximum atomic E-state index is 12.3. The van der Waals surface area contributed by atoms with E-state index in [0.29, 0.717) is 30.7 Å². The number of carbonyl (C=O) groups excluding carboxylic acids is 1. The molecule has 1 amide bonds. The largest absolute Gasteiger partial charge is 0.348 e. The monoisotopic (exact) mass is 348 g/mol. The fourth-order valence-corrected chi connectivity index (χ4v) is 3.68. The molecule has 2 aromatic heterocycles. The van der Waals surface area contributed by atoms with Gasteiger partial charge >= 0.3 is 0 Å². The first kappa shape index (κ1) is 17.1. The molecular formula is C17H24N4O2S. The molecule has 3 heterocycles. The van der Waals surface area contributed by atoms with Gasteiger partial charge in [0, 0.05) is 16.8 Å². The first-order chi connectivity index (χ1) is 11.6. The van der Waals surface area contributed by atoms with Crippen LogP contribution in [0.4, 0.5) is 0 Å². The van der Waals surface area contributed by atoms with E-state index >= 15 is 0 Å². The first-order valence-corrected chi connectivity index (χ1v) is 9.35. The summed E-state index contributed by atoms with van der Waals surface area (Å²) in [6.07, 6.45) is 2.48. The number of carbonyl (C=O) groups is 1. The molecule has 1 N–H and O–H groups in total. The Balaban J connectivity index is 1.44. The van der Waals surface area contributed by atoms with Crippen molar-refractivity contribution in [3.8, 4) is 0 Å². The van der Waals surface area contributed by atoms with Gasteiger partial charge in [0.2, 0.25) is 11.8 Å². The Kier molecular flexibility index (Phi) is 5.63. The summed E-state index contributed by atoms with van der Waals surface area (Å²) >= 11 is 1.66. The van der Waals surface area contributed by atoms with Crippen molar-refractivity contribution in [3.05, 3.63) is 34.1 Å². The Bertz CT molecular complexity index is 645. The lowest BCUT2D eigenvalue weighted by molar-refractivity contribution is -0.126. The summed E-state index contributed by atoms with van der Waals surface area (Å²) in [5, 5.41) is 8.91. The third-order valence-electron chi connectivity index (χ3n) is 4.47. The van der Waals surface area contributed by atoms with Gasteiger partial charge in [-0.05, 0) is 51.2 Å². The van der Waals surface area contributed by atoms with Crippen LogP contribution in [-0.2, 0) is 17.8 Å². The minimum atomic E-state index is 0.0949. The van der Waals surface area contributed by atoms with E-state index in [9.17, 15) is 4.79 Å². The van der Waals surface area contributed by atoms with Gasteiger partial charge in [-0.15, -0.1) is 11.3 Å². The van der Waals surface area contributed by atoms with Crippen LogP contribution in [0.2, 0.25) is 0 Å². The van der Waals surface area contributed by atoms with Gasteiger partial charge in [0.05, 0.1) is 13.0 Å². The second-order valence-corrected chi connectivity index (χ2v) is 7.51. The minimum absolute atomic E-state index is 0.0949. The quantitative estimate of drug-likeness (QED) is 0.868. The van der Waals surface area contributed by atoms with Crippen LogP contribution in [0, 0.1) is 5.92 Å². The van der Waals surface area contributed by atoms with Crippen molar-refractivity contribution >= 4 is 17.2 Å². The van der Waals surface area contributed by atoms with Crippen molar-refractivity contribution in [1.82, 2.24) is 20.4 Å². The van der Waals surface area contributed by atoms with E-state index in [-0.39, 0.29) is 11.8 Å². The second-order valence-electron chi connectivity index (χ2n) is 6.48. The third kappa shape index (κ3) is 4.42. The molecule has 0 atom stereocenters. The highest BCUT2D eigenvalue weighted by Gasteiger charge is 2.26. The fourth-order valence-electron chi connectivity index (χ4n) is 2.98. The molecule has 7 heteroatoms. The van der Waals surface area contributed by atoms with Crippen molar-refractivity contribution in [3.63, 3.8) is 0 Å². The van der Waals surface area contributed by atoms with Gasteiger partial charge in [-0.25, -0.2) is 0 Å². The van der Waals surface area contributed by atoms with Crippen molar-refractivity contribution in [2.45, 2.75) is 45.7 Å². The molecule has 24 heavy (non-hydrogen) atoms. The number of likely N-dealkylation sites (tertiary alicyclic amines) is 1. The number of aromatic nitrogens is 2. The van der Waals surface area contributed by atoms with Crippen molar-refractivity contribution in [2.75, 3.05) is 13.1 Å². The molecule has 0 saturated carbocycles. The van der Waals surface area contributed by atoms with Gasteiger partial charge < -0.3 is 14.7 Å². The summed E-state index contributed by atoms with van der Waals surface area (Å²) in [7, 11) is 0. The molecule has 3 rings (SSSR count). The Labute approximate surface area is 146 Å². The Morgan fingerprint density at radius 3 is 2.92 bits per heavy atom. The highest BCUT2D eigenvalue weighted by atomic mass is 32.1. The smallest absolute Gasteiger partial charge is 0.231 e. The predicted molar refractivity (Wildman–Crippen MR) is 92.7 cm³/mol. The molecule has 1 fully saturated rings. The molecule has 2 aromatic rings. The van der Waals surface area contributed by atoms with Gasteiger partial charge in [0.25, 0.3) is 0 Å². The minimum Gasteiger partial charge on any atom is -0.348 e. The molecular weight excluding hydrogens is 324 g/mol. The zero-order valence-electron chi connectivity index (χ0n) is 14.2. The van der Waals surface area contributed by atoms with E-state index in [1.165, 1.54) is 4.88 Å². The van der Waals surface area contributed by atoms with Crippen molar-refractivity contribution < 1.29 is 9.32 Å². The van der Waals surface area contributed by atoms with Crippen LogP contribution in [0.15, 0.2) is 22.0 Å². The van der Waals surface area contributed by atoms with E-state index in [1.807, 2.05) is 17.5 Å². The maximum Gasteiger partial charge on any atom is 0.231 e. The molecule has 0 aliphatic carbocycles. The van der Waals surface area contributed by atoms with E-state index < -0.39 is 0 Å². The average Bonchev–Trinajstić information content (AvgIpc) is 3.25. The molecule has 0 radical (unpaired) electrons. The molecule has 1 aliphatic rings. The lowest BCUT2D eigenvalue weighted by Gasteiger charge is -2.33. The van der Waals surface area contributed by atoms with Gasteiger partial charge in [0.15, 0.2) is 5.82 Å². The molecule has 130 valence electrons. The molecule has 0 unspecified atom stereocenters. The number of hydrogen-bond acceptors (Lipinski definition) is 6. The number of thiophene rings is 1. The predicted octanol–water partition coefficient (Wildman–Crippen LogP) is 2.46. The van der Waals surface area contributed by atoms with Crippen LogP contribution >= 0.6 is 11.3 Å². The molecule has 0 bridgehead atoms. The first-order valence-electron chi connectivity index (χ1n) is 8.47. The Hall–Kier alpha value is -1.73. The van der Waals surface area contributed by atoms with Gasteiger partial charge in [-0.2, -0.15) is 4.98 Å². The van der Waals surface area contributed by atoms with Gasteiger partial charge in [-0.3, -0.25) is 4.79 Å².